The number of aromatic nitrogens is 1. The van der Waals surface area contributed by atoms with E-state index in [9.17, 15) is 4.79 Å². The predicted octanol–water partition coefficient (Wildman–Crippen LogP) is 5.07. The molecule has 5 nitrogen and oxygen atoms in total. The van der Waals surface area contributed by atoms with Crippen LogP contribution in [0.25, 0.3) is 10.8 Å². The number of halogens is 1. The topological polar surface area (TPSA) is 77.2 Å². The monoisotopic (exact) mass is 417 g/mol. The number of hydrogen-bond donors (Lipinski definition) is 2. The summed E-state index contributed by atoms with van der Waals surface area (Å²) in [4.78, 5) is 15.4. The normalized spacial score (nSPS) is 10.8. The number of nitrogens with zero attached hydrogens (tertiary/aromatic N) is 1. The molecule has 0 bridgehead atoms. The zero-order valence-electron chi connectivity index (χ0n) is 16.1. The molecule has 0 radical (unpaired) electrons. The van der Waals surface area contributed by atoms with Crippen molar-refractivity contribution in [3.63, 3.8) is 0 Å². The van der Waals surface area contributed by atoms with E-state index in [0.29, 0.717) is 30.3 Å². The zero-order chi connectivity index (χ0) is 20.9. The lowest BCUT2D eigenvalue weighted by atomic mass is 10.0. The Labute approximate surface area is 179 Å². The van der Waals surface area contributed by atoms with Crippen LogP contribution in [0.15, 0.2) is 79.0 Å². The van der Waals surface area contributed by atoms with Gasteiger partial charge >= 0.3 is 0 Å². The van der Waals surface area contributed by atoms with E-state index in [2.05, 4.69) is 16.4 Å². The van der Waals surface area contributed by atoms with Gasteiger partial charge in [-0.3, -0.25) is 4.79 Å². The SMILES string of the molecule is NC(=O)c1ccc(Oc2ccc(CNCc3ccccc3Cl)c3ccccc23)nc1. The average molecular weight is 418 g/mol. The molecular weight excluding hydrogens is 398 g/mol. The molecule has 1 amide bonds. The average Bonchev–Trinajstić information content (AvgIpc) is 2.77. The Bertz CT molecular complexity index is 1190. The summed E-state index contributed by atoms with van der Waals surface area (Å²) in [6, 6.07) is 23.1. The number of primary amides is 1. The summed E-state index contributed by atoms with van der Waals surface area (Å²) in [5.74, 6) is 0.572. The number of pyridine rings is 1. The van der Waals surface area contributed by atoms with Crippen LogP contribution >= 0.6 is 11.6 Å². The highest BCUT2D eigenvalue weighted by molar-refractivity contribution is 6.31. The third-order valence-electron chi connectivity index (χ3n) is 4.80. The second kappa shape index (κ2) is 8.95. The van der Waals surface area contributed by atoms with Crippen LogP contribution in [0.5, 0.6) is 11.6 Å². The highest BCUT2D eigenvalue weighted by atomic mass is 35.5. The van der Waals surface area contributed by atoms with Crippen LogP contribution in [0.1, 0.15) is 21.5 Å². The van der Waals surface area contributed by atoms with E-state index in [0.717, 1.165) is 26.9 Å². The van der Waals surface area contributed by atoms with Gasteiger partial charge in [0, 0.05) is 35.8 Å². The lowest BCUT2D eigenvalue weighted by Crippen LogP contribution is -2.13. The van der Waals surface area contributed by atoms with E-state index < -0.39 is 5.91 Å². The number of carbonyl (C=O) groups is 1. The van der Waals surface area contributed by atoms with Crippen LogP contribution in [0.4, 0.5) is 0 Å². The number of carbonyl (C=O) groups excluding carboxylic acids is 1. The molecule has 0 spiro atoms. The largest absolute Gasteiger partial charge is 0.438 e. The second-order valence-electron chi connectivity index (χ2n) is 6.81. The molecule has 0 unspecified atom stereocenters. The van der Waals surface area contributed by atoms with Gasteiger partial charge in [-0.05, 0) is 34.7 Å². The summed E-state index contributed by atoms with van der Waals surface area (Å²) in [5, 5.41) is 6.29. The third-order valence-corrected chi connectivity index (χ3v) is 5.17. The van der Waals surface area contributed by atoms with E-state index in [4.69, 9.17) is 22.1 Å². The van der Waals surface area contributed by atoms with E-state index >= 15 is 0 Å². The fraction of sp³-hybridized carbons (Fsp3) is 0.0833. The number of nitrogens with one attached hydrogen (secondary N) is 1. The van der Waals surface area contributed by atoms with Crippen LogP contribution in [-0.2, 0) is 13.1 Å². The minimum absolute atomic E-state index is 0.340. The maximum absolute atomic E-state index is 11.2. The van der Waals surface area contributed by atoms with Crippen LogP contribution < -0.4 is 15.8 Å². The van der Waals surface area contributed by atoms with Crippen LogP contribution in [0.3, 0.4) is 0 Å². The van der Waals surface area contributed by atoms with Crippen LogP contribution in [-0.4, -0.2) is 10.9 Å². The maximum Gasteiger partial charge on any atom is 0.250 e. The standard InChI is InChI=1S/C24H20ClN3O2/c25-21-8-4-1-5-17(21)14-27-13-16-9-11-22(20-7-3-2-6-19(16)20)30-23-12-10-18(15-28-23)24(26)29/h1-12,15,27H,13-14H2,(H2,26,29). The second-order valence-corrected chi connectivity index (χ2v) is 7.22. The van der Waals surface area contributed by atoms with E-state index in [1.165, 1.54) is 6.20 Å². The molecule has 0 saturated carbocycles. The van der Waals surface area contributed by atoms with Gasteiger partial charge in [-0.15, -0.1) is 0 Å². The van der Waals surface area contributed by atoms with Gasteiger partial charge in [0.15, 0.2) is 0 Å². The molecule has 1 aromatic heterocycles. The highest BCUT2D eigenvalue weighted by Crippen LogP contribution is 2.31. The molecule has 0 aliphatic rings. The summed E-state index contributed by atoms with van der Waals surface area (Å²) in [6.45, 7) is 1.37. The van der Waals surface area contributed by atoms with Crippen molar-refractivity contribution in [1.29, 1.82) is 0 Å². The van der Waals surface area contributed by atoms with Crippen molar-refractivity contribution in [2.24, 2.45) is 5.73 Å². The van der Waals surface area contributed by atoms with E-state index in [1.54, 1.807) is 12.1 Å². The quantitative estimate of drug-likeness (QED) is 0.440. The number of amides is 1. The fourth-order valence-electron chi connectivity index (χ4n) is 3.25. The minimum atomic E-state index is -0.520. The number of nitrogens with two attached hydrogens (primary N) is 1. The molecule has 4 aromatic rings. The van der Waals surface area contributed by atoms with E-state index in [-0.39, 0.29) is 0 Å². The van der Waals surface area contributed by atoms with Crippen molar-refractivity contribution in [2.45, 2.75) is 13.1 Å². The van der Waals surface area contributed by atoms with E-state index in [1.807, 2.05) is 54.6 Å². The highest BCUT2D eigenvalue weighted by Gasteiger charge is 2.09. The van der Waals surface area contributed by atoms with Crippen molar-refractivity contribution >= 4 is 28.3 Å². The Morgan fingerprint density at radius 2 is 1.63 bits per heavy atom. The summed E-state index contributed by atoms with van der Waals surface area (Å²) in [7, 11) is 0. The van der Waals surface area contributed by atoms with Crippen molar-refractivity contribution in [3.8, 4) is 11.6 Å². The molecule has 3 aromatic carbocycles. The molecule has 6 heteroatoms. The number of rotatable bonds is 7. The Hall–Kier alpha value is -3.41. The van der Waals surface area contributed by atoms with Gasteiger partial charge in [0.25, 0.3) is 0 Å². The van der Waals surface area contributed by atoms with Gasteiger partial charge in [-0.25, -0.2) is 4.98 Å². The molecule has 30 heavy (non-hydrogen) atoms. The molecule has 0 fully saturated rings. The minimum Gasteiger partial charge on any atom is -0.438 e. The number of hydrogen-bond acceptors (Lipinski definition) is 4. The Morgan fingerprint density at radius 1 is 0.900 bits per heavy atom. The first-order valence-electron chi connectivity index (χ1n) is 9.50. The lowest BCUT2D eigenvalue weighted by molar-refractivity contribution is 0.1000. The Kier molecular flexibility index (Phi) is 5.93. The molecule has 0 saturated heterocycles. The zero-order valence-corrected chi connectivity index (χ0v) is 16.9. The van der Waals surface area contributed by atoms with Crippen molar-refractivity contribution in [3.05, 3.63) is 101 Å². The lowest BCUT2D eigenvalue weighted by Gasteiger charge is -2.13. The molecule has 4 rings (SSSR count). The number of ether oxygens (including phenoxy) is 1. The first-order chi connectivity index (χ1) is 14.6. The predicted molar refractivity (Wildman–Crippen MR) is 119 cm³/mol. The van der Waals surface area contributed by atoms with Crippen LogP contribution in [0, 0.1) is 0 Å². The molecule has 0 aliphatic heterocycles. The van der Waals surface area contributed by atoms with Crippen LogP contribution in [0.2, 0.25) is 5.02 Å². The van der Waals surface area contributed by atoms with Gasteiger partial charge in [0.1, 0.15) is 5.75 Å². The third kappa shape index (κ3) is 4.43. The molecular formula is C24H20ClN3O2. The van der Waals surface area contributed by atoms with Crippen molar-refractivity contribution < 1.29 is 9.53 Å². The number of fused-ring (bicyclic) bond motifs is 1. The Balaban J connectivity index is 1.54. The number of benzene rings is 3. The van der Waals surface area contributed by atoms with Gasteiger partial charge in [0.05, 0.1) is 5.56 Å². The first kappa shape index (κ1) is 19.9. The summed E-state index contributed by atoms with van der Waals surface area (Å²) in [5.41, 5.74) is 7.82. The summed E-state index contributed by atoms with van der Waals surface area (Å²) >= 11 is 6.24. The first-order valence-corrected chi connectivity index (χ1v) is 9.88. The van der Waals surface area contributed by atoms with Gasteiger partial charge in [-0.1, -0.05) is 60.1 Å². The van der Waals surface area contributed by atoms with Gasteiger partial charge in [-0.2, -0.15) is 0 Å². The van der Waals surface area contributed by atoms with Crippen molar-refractivity contribution in [1.82, 2.24) is 10.3 Å². The summed E-state index contributed by atoms with van der Waals surface area (Å²) in [6.07, 6.45) is 1.41. The smallest absolute Gasteiger partial charge is 0.250 e. The molecule has 0 atom stereocenters. The van der Waals surface area contributed by atoms with Crippen molar-refractivity contribution in [2.75, 3.05) is 0 Å². The molecule has 1 heterocycles. The van der Waals surface area contributed by atoms with Gasteiger partial charge < -0.3 is 15.8 Å². The maximum atomic E-state index is 11.2. The molecule has 150 valence electrons. The Morgan fingerprint density at radius 3 is 2.37 bits per heavy atom. The van der Waals surface area contributed by atoms with Gasteiger partial charge in [0.2, 0.25) is 11.8 Å². The fourth-order valence-corrected chi connectivity index (χ4v) is 3.45. The summed E-state index contributed by atoms with van der Waals surface area (Å²) < 4.78 is 5.97. The molecule has 3 N–H and O–H groups in total. The molecule has 0 aliphatic carbocycles.